The predicted molar refractivity (Wildman–Crippen MR) is 109 cm³/mol. The number of methoxy groups -OCH3 is 1. The molecule has 3 heterocycles. The number of benzene rings is 1. The normalized spacial score (nSPS) is 18.8. The second kappa shape index (κ2) is 8.17. The molecule has 1 aromatic heterocycles. The van der Waals surface area contributed by atoms with Gasteiger partial charge in [-0.3, -0.25) is 14.4 Å². The van der Waals surface area contributed by atoms with Crippen molar-refractivity contribution in [3.05, 3.63) is 36.0 Å². The average Bonchev–Trinajstić information content (AvgIpc) is 3.48. The number of ketones is 1. The number of nitrogen functional groups attached to an aromatic ring is 1. The van der Waals surface area contributed by atoms with Crippen LogP contribution >= 0.6 is 0 Å². The smallest absolute Gasteiger partial charge is 0.242 e. The number of carbonyl (C=O) groups excluding carboxylic acids is 3. The number of aromatic nitrogens is 2. The van der Waals surface area contributed by atoms with Crippen molar-refractivity contribution in [3.63, 3.8) is 0 Å². The summed E-state index contributed by atoms with van der Waals surface area (Å²) in [5.74, 6) is 0.528. The molecule has 4 rings (SSSR count). The summed E-state index contributed by atoms with van der Waals surface area (Å²) in [4.78, 5) is 41.0. The lowest BCUT2D eigenvalue weighted by atomic mass is 10.0. The Morgan fingerprint density at radius 3 is 2.63 bits per heavy atom. The maximum Gasteiger partial charge on any atom is 0.242 e. The Bertz CT molecular complexity index is 968. The summed E-state index contributed by atoms with van der Waals surface area (Å²) >= 11 is 0. The van der Waals surface area contributed by atoms with Crippen molar-refractivity contribution in [2.45, 2.75) is 31.7 Å². The largest absolute Gasteiger partial charge is 0.497 e. The molecule has 0 aliphatic carbocycles. The van der Waals surface area contributed by atoms with Crippen LogP contribution in [0, 0.1) is 0 Å². The number of hydrogen-bond donors (Lipinski definition) is 1. The fourth-order valence-electron chi connectivity index (χ4n) is 4.12. The first kappa shape index (κ1) is 19.9. The molecule has 0 spiro atoms. The third-order valence-corrected chi connectivity index (χ3v) is 5.76. The number of rotatable bonds is 6. The third-order valence-electron chi connectivity index (χ3n) is 5.76. The van der Waals surface area contributed by atoms with Crippen molar-refractivity contribution in [2.75, 3.05) is 32.5 Å². The summed E-state index contributed by atoms with van der Waals surface area (Å²) in [6, 6.07) is 6.60. The van der Waals surface area contributed by atoms with E-state index in [0.717, 1.165) is 12.8 Å². The highest BCUT2D eigenvalue weighted by atomic mass is 16.5. The Kier molecular flexibility index (Phi) is 5.43. The van der Waals surface area contributed by atoms with Crippen molar-refractivity contribution in [2.24, 2.45) is 0 Å². The Morgan fingerprint density at radius 1 is 1.20 bits per heavy atom. The van der Waals surface area contributed by atoms with Gasteiger partial charge in [0.05, 0.1) is 37.1 Å². The molecule has 0 radical (unpaired) electrons. The van der Waals surface area contributed by atoms with Crippen LogP contribution in [0.3, 0.4) is 0 Å². The quantitative estimate of drug-likeness (QED) is 0.717. The number of amides is 2. The number of Topliss-reactive ketones (excluding diaryl/α,β-unsaturated/α-hetero) is 1. The molecule has 2 aliphatic heterocycles. The van der Waals surface area contributed by atoms with Gasteiger partial charge in [0.2, 0.25) is 11.8 Å². The second-order valence-electron chi connectivity index (χ2n) is 7.58. The molecule has 1 unspecified atom stereocenters. The minimum absolute atomic E-state index is 0.00423. The summed E-state index contributed by atoms with van der Waals surface area (Å²) in [5.41, 5.74) is 7.24. The first-order valence-corrected chi connectivity index (χ1v) is 10.1. The van der Waals surface area contributed by atoms with Crippen LogP contribution in [-0.2, 0) is 9.59 Å². The number of carbonyl (C=O) groups is 3. The van der Waals surface area contributed by atoms with Gasteiger partial charge in [-0.15, -0.1) is 0 Å². The van der Waals surface area contributed by atoms with Gasteiger partial charge in [-0.2, -0.15) is 5.10 Å². The molecule has 2 aromatic rings. The number of nitrogens with zero attached hydrogens (tertiary/aromatic N) is 4. The first-order chi connectivity index (χ1) is 14.5. The van der Waals surface area contributed by atoms with E-state index in [2.05, 4.69) is 5.10 Å². The maximum absolute atomic E-state index is 13.2. The highest BCUT2D eigenvalue weighted by molar-refractivity contribution is 6.05. The van der Waals surface area contributed by atoms with E-state index in [1.807, 2.05) is 0 Å². The minimum atomic E-state index is -0.578. The van der Waals surface area contributed by atoms with Gasteiger partial charge in [-0.25, -0.2) is 4.68 Å². The molecule has 2 aliphatic rings. The van der Waals surface area contributed by atoms with E-state index in [4.69, 9.17) is 10.5 Å². The summed E-state index contributed by atoms with van der Waals surface area (Å²) in [7, 11) is 1.59. The Hall–Kier alpha value is -3.36. The van der Waals surface area contributed by atoms with Crippen molar-refractivity contribution < 1.29 is 19.1 Å². The molecular weight excluding hydrogens is 386 g/mol. The number of hydrogen-bond acceptors (Lipinski definition) is 6. The van der Waals surface area contributed by atoms with Crippen LogP contribution in [0.15, 0.2) is 30.5 Å². The monoisotopic (exact) mass is 411 g/mol. The topological polar surface area (TPSA) is 111 Å². The number of likely N-dealkylation sites (tertiary alicyclic amines) is 2. The molecule has 9 heteroatoms. The van der Waals surface area contributed by atoms with Gasteiger partial charge in [-0.05, 0) is 43.5 Å². The zero-order valence-electron chi connectivity index (χ0n) is 16.9. The zero-order chi connectivity index (χ0) is 21.3. The summed E-state index contributed by atoms with van der Waals surface area (Å²) < 4.78 is 6.65. The molecule has 1 aromatic carbocycles. The molecule has 0 bridgehead atoms. The van der Waals surface area contributed by atoms with E-state index in [-0.39, 0.29) is 30.0 Å². The van der Waals surface area contributed by atoms with Gasteiger partial charge in [0, 0.05) is 19.5 Å². The van der Waals surface area contributed by atoms with Crippen LogP contribution in [0.5, 0.6) is 5.75 Å². The standard InChI is InChI=1S/C21H25N5O4/c1-30-15-8-6-14(7-9-15)26-21(22)16(12-23-26)20(29)17-4-2-11-25(17)19(28)13-24-10-3-5-18(24)27/h6-9,12,17H,2-5,10-11,13,22H2,1H3. The van der Waals surface area contributed by atoms with Crippen LogP contribution < -0.4 is 10.5 Å². The van der Waals surface area contributed by atoms with Gasteiger partial charge in [0.1, 0.15) is 11.6 Å². The second-order valence-corrected chi connectivity index (χ2v) is 7.58. The molecule has 158 valence electrons. The fraction of sp³-hybridized carbons (Fsp3) is 0.429. The Morgan fingerprint density at radius 2 is 1.97 bits per heavy atom. The van der Waals surface area contributed by atoms with E-state index in [9.17, 15) is 14.4 Å². The summed E-state index contributed by atoms with van der Waals surface area (Å²) in [5, 5.41) is 4.27. The molecule has 2 saturated heterocycles. The summed E-state index contributed by atoms with van der Waals surface area (Å²) in [6.45, 7) is 1.13. The fourth-order valence-corrected chi connectivity index (χ4v) is 4.12. The van der Waals surface area contributed by atoms with Crippen molar-refractivity contribution in [3.8, 4) is 11.4 Å². The van der Waals surface area contributed by atoms with Crippen LogP contribution in [0.25, 0.3) is 5.69 Å². The van der Waals surface area contributed by atoms with Gasteiger partial charge in [-0.1, -0.05) is 0 Å². The van der Waals surface area contributed by atoms with Crippen LogP contribution in [0.1, 0.15) is 36.0 Å². The van der Waals surface area contributed by atoms with E-state index < -0.39 is 6.04 Å². The van der Waals surface area contributed by atoms with Crippen LogP contribution in [0.4, 0.5) is 5.82 Å². The van der Waals surface area contributed by atoms with Crippen molar-refractivity contribution >= 4 is 23.4 Å². The van der Waals surface area contributed by atoms with Gasteiger partial charge < -0.3 is 20.3 Å². The van der Waals surface area contributed by atoms with Gasteiger partial charge in [0.15, 0.2) is 5.78 Å². The molecule has 2 N–H and O–H groups in total. The molecule has 9 nitrogen and oxygen atoms in total. The minimum Gasteiger partial charge on any atom is -0.497 e. The van der Waals surface area contributed by atoms with Gasteiger partial charge in [0.25, 0.3) is 0 Å². The number of nitrogens with two attached hydrogens (primary N) is 1. The molecule has 1 atom stereocenters. The molecular formula is C21H25N5O4. The Balaban J connectivity index is 1.51. The average molecular weight is 411 g/mol. The Labute approximate surface area is 174 Å². The SMILES string of the molecule is COc1ccc(-n2ncc(C(=O)C3CCCN3C(=O)CN3CCCC3=O)c2N)cc1. The van der Waals surface area contributed by atoms with Crippen molar-refractivity contribution in [1.29, 1.82) is 0 Å². The lowest BCUT2D eigenvalue weighted by molar-refractivity contribution is -0.138. The zero-order valence-corrected chi connectivity index (χ0v) is 16.9. The number of anilines is 1. The maximum atomic E-state index is 13.2. The molecule has 30 heavy (non-hydrogen) atoms. The number of ether oxygens (including phenoxy) is 1. The highest BCUT2D eigenvalue weighted by Gasteiger charge is 2.37. The van der Waals surface area contributed by atoms with E-state index in [1.54, 1.807) is 41.2 Å². The van der Waals surface area contributed by atoms with Crippen molar-refractivity contribution in [1.82, 2.24) is 19.6 Å². The third kappa shape index (κ3) is 3.62. The van der Waals surface area contributed by atoms with E-state index in [0.29, 0.717) is 42.9 Å². The van der Waals surface area contributed by atoms with Crippen LogP contribution in [0.2, 0.25) is 0 Å². The summed E-state index contributed by atoms with van der Waals surface area (Å²) in [6.07, 6.45) is 4.02. The lowest BCUT2D eigenvalue weighted by Gasteiger charge is -2.26. The predicted octanol–water partition coefficient (Wildman–Crippen LogP) is 1.26. The molecule has 2 fully saturated rings. The van der Waals surface area contributed by atoms with Crippen LogP contribution in [-0.4, -0.2) is 70.0 Å². The van der Waals surface area contributed by atoms with Gasteiger partial charge >= 0.3 is 0 Å². The first-order valence-electron chi connectivity index (χ1n) is 10.1. The van der Waals surface area contributed by atoms with E-state index >= 15 is 0 Å². The molecule has 2 amide bonds. The highest BCUT2D eigenvalue weighted by Crippen LogP contribution is 2.26. The molecule has 0 saturated carbocycles. The lowest BCUT2D eigenvalue weighted by Crippen LogP contribution is -2.46. The van der Waals surface area contributed by atoms with E-state index in [1.165, 1.54) is 10.9 Å².